The molecule has 3 rings (SSSR count). The molecule has 0 aliphatic carbocycles. The van der Waals surface area contributed by atoms with Crippen LogP contribution in [0.15, 0.2) is 30.5 Å². The SMILES string of the molecule is CCN1CCC[C@H]1CNCc1cn(CC)c2ccccc12. The number of hydrogen-bond acceptors (Lipinski definition) is 2. The van der Waals surface area contributed by atoms with Gasteiger partial charge in [-0.3, -0.25) is 4.90 Å². The van der Waals surface area contributed by atoms with Gasteiger partial charge in [0.1, 0.15) is 0 Å². The normalized spacial score (nSPS) is 19.6. The van der Waals surface area contributed by atoms with E-state index < -0.39 is 0 Å². The summed E-state index contributed by atoms with van der Waals surface area (Å²) in [7, 11) is 0. The first-order valence-electron chi connectivity index (χ1n) is 8.35. The molecule has 1 aromatic heterocycles. The van der Waals surface area contributed by atoms with Gasteiger partial charge in [-0.15, -0.1) is 0 Å². The van der Waals surface area contributed by atoms with Crippen molar-refractivity contribution in [3.8, 4) is 0 Å². The maximum Gasteiger partial charge on any atom is 0.0483 e. The molecule has 0 radical (unpaired) electrons. The van der Waals surface area contributed by atoms with Crippen molar-refractivity contribution in [1.82, 2.24) is 14.8 Å². The molecule has 1 N–H and O–H groups in total. The Morgan fingerprint density at radius 2 is 2.05 bits per heavy atom. The van der Waals surface area contributed by atoms with Crippen molar-refractivity contribution >= 4 is 10.9 Å². The van der Waals surface area contributed by atoms with Crippen LogP contribution in [-0.2, 0) is 13.1 Å². The van der Waals surface area contributed by atoms with Crippen LogP contribution in [0.4, 0.5) is 0 Å². The maximum absolute atomic E-state index is 3.68. The molecule has 1 aromatic carbocycles. The van der Waals surface area contributed by atoms with E-state index in [0.717, 1.165) is 25.7 Å². The number of fused-ring (bicyclic) bond motifs is 1. The molecule has 0 spiro atoms. The highest BCUT2D eigenvalue weighted by atomic mass is 15.2. The fourth-order valence-electron chi connectivity index (χ4n) is 3.64. The van der Waals surface area contributed by atoms with E-state index in [0.29, 0.717) is 0 Å². The number of para-hydroxylation sites is 1. The first-order chi connectivity index (χ1) is 10.3. The fourth-order valence-corrected chi connectivity index (χ4v) is 3.64. The van der Waals surface area contributed by atoms with E-state index in [2.05, 4.69) is 59.1 Å². The van der Waals surface area contributed by atoms with E-state index in [1.54, 1.807) is 0 Å². The number of nitrogens with one attached hydrogen (secondary N) is 1. The Hall–Kier alpha value is -1.32. The zero-order valence-corrected chi connectivity index (χ0v) is 13.3. The number of aromatic nitrogens is 1. The lowest BCUT2D eigenvalue weighted by Crippen LogP contribution is -2.37. The first-order valence-corrected chi connectivity index (χ1v) is 8.35. The van der Waals surface area contributed by atoms with Gasteiger partial charge >= 0.3 is 0 Å². The van der Waals surface area contributed by atoms with Gasteiger partial charge < -0.3 is 9.88 Å². The summed E-state index contributed by atoms with van der Waals surface area (Å²) in [4.78, 5) is 2.60. The van der Waals surface area contributed by atoms with Gasteiger partial charge in [0.05, 0.1) is 0 Å². The van der Waals surface area contributed by atoms with Gasteiger partial charge in [0.25, 0.3) is 0 Å². The van der Waals surface area contributed by atoms with Crippen LogP contribution in [0.2, 0.25) is 0 Å². The largest absolute Gasteiger partial charge is 0.347 e. The molecule has 21 heavy (non-hydrogen) atoms. The lowest BCUT2D eigenvalue weighted by molar-refractivity contribution is 0.260. The second-order valence-electron chi connectivity index (χ2n) is 6.01. The number of likely N-dealkylation sites (tertiary alicyclic amines) is 1. The van der Waals surface area contributed by atoms with Gasteiger partial charge in [-0.1, -0.05) is 25.1 Å². The predicted molar refractivity (Wildman–Crippen MR) is 89.6 cm³/mol. The molecular formula is C18H27N3. The Kier molecular flexibility index (Phi) is 4.61. The van der Waals surface area contributed by atoms with E-state index in [-0.39, 0.29) is 0 Å². The van der Waals surface area contributed by atoms with Crippen molar-refractivity contribution in [2.45, 2.75) is 45.8 Å². The van der Waals surface area contributed by atoms with Crippen molar-refractivity contribution in [1.29, 1.82) is 0 Å². The number of likely N-dealkylation sites (N-methyl/N-ethyl adjacent to an activating group) is 1. The molecule has 1 atom stereocenters. The number of aryl methyl sites for hydroxylation is 1. The number of hydrogen-bond donors (Lipinski definition) is 1. The molecule has 1 aliphatic rings. The van der Waals surface area contributed by atoms with E-state index in [1.165, 1.54) is 42.4 Å². The Morgan fingerprint density at radius 1 is 1.19 bits per heavy atom. The summed E-state index contributed by atoms with van der Waals surface area (Å²) in [5.41, 5.74) is 2.78. The molecule has 0 saturated carbocycles. The van der Waals surface area contributed by atoms with E-state index in [1.807, 2.05) is 0 Å². The van der Waals surface area contributed by atoms with Crippen LogP contribution in [0, 0.1) is 0 Å². The lowest BCUT2D eigenvalue weighted by atomic mass is 10.1. The quantitative estimate of drug-likeness (QED) is 0.879. The molecule has 2 heterocycles. The average Bonchev–Trinajstić information content (AvgIpc) is 3.12. The highest BCUT2D eigenvalue weighted by molar-refractivity contribution is 5.83. The maximum atomic E-state index is 3.68. The lowest BCUT2D eigenvalue weighted by Gasteiger charge is -2.22. The molecule has 1 fully saturated rings. The van der Waals surface area contributed by atoms with Crippen molar-refractivity contribution < 1.29 is 0 Å². The van der Waals surface area contributed by atoms with Gasteiger partial charge in [-0.2, -0.15) is 0 Å². The Morgan fingerprint density at radius 3 is 2.86 bits per heavy atom. The predicted octanol–water partition coefficient (Wildman–Crippen LogP) is 3.24. The molecule has 2 aromatic rings. The zero-order valence-electron chi connectivity index (χ0n) is 13.3. The molecule has 0 amide bonds. The van der Waals surface area contributed by atoms with Crippen LogP contribution >= 0.6 is 0 Å². The minimum absolute atomic E-state index is 0.731. The summed E-state index contributed by atoms with van der Waals surface area (Å²) in [6, 6.07) is 9.46. The van der Waals surface area contributed by atoms with Gasteiger partial charge in [-0.05, 0) is 44.5 Å². The van der Waals surface area contributed by atoms with E-state index in [4.69, 9.17) is 0 Å². The third-order valence-electron chi connectivity index (χ3n) is 4.81. The van der Waals surface area contributed by atoms with Gasteiger partial charge in [-0.25, -0.2) is 0 Å². The van der Waals surface area contributed by atoms with E-state index in [9.17, 15) is 0 Å². The fraction of sp³-hybridized carbons (Fsp3) is 0.556. The van der Waals surface area contributed by atoms with Crippen molar-refractivity contribution in [2.24, 2.45) is 0 Å². The topological polar surface area (TPSA) is 20.2 Å². The Bertz CT molecular complexity index is 587. The van der Waals surface area contributed by atoms with Gasteiger partial charge in [0.2, 0.25) is 0 Å². The van der Waals surface area contributed by atoms with Crippen LogP contribution in [0.25, 0.3) is 10.9 Å². The third-order valence-corrected chi connectivity index (χ3v) is 4.81. The van der Waals surface area contributed by atoms with Crippen molar-refractivity contribution in [3.63, 3.8) is 0 Å². The van der Waals surface area contributed by atoms with Crippen molar-refractivity contribution in [2.75, 3.05) is 19.6 Å². The standard InChI is InChI=1S/C18H27N3/c1-3-20-11-7-8-16(20)13-19-12-15-14-21(4-2)18-10-6-5-9-17(15)18/h5-6,9-10,14,16,19H,3-4,7-8,11-13H2,1-2H3/t16-/m0/s1. The Balaban J connectivity index is 1.65. The van der Waals surface area contributed by atoms with E-state index >= 15 is 0 Å². The molecule has 0 bridgehead atoms. The molecule has 1 aliphatic heterocycles. The van der Waals surface area contributed by atoms with Crippen LogP contribution in [0.5, 0.6) is 0 Å². The zero-order chi connectivity index (χ0) is 14.7. The molecule has 3 nitrogen and oxygen atoms in total. The summed E-state index contributed by atoms with van der Waals surface area (Å²) in [5.74, 6) is 0. The third kappa shape index (κ3) is 2.99. The first kappa shape index (κ1) is 14.6. The van der Waals surface area contributed by atoms with Crippen LogP contribution in [0.1, 0.15) is 32.3 Å². The minimum atomic E-state index is 0.731. The molecular weight excluding hydrogens is 258 g/mol. The van der Waals surface area contributed by atoms with Crippen LogP contribution in [-0.4, -0.2) is 35.1 Å². The Labute approximate surface area is 127 Å². The molecule has 114 valence electrons. The highest BCUT2D eigenvalue weighted by Crippen LogP contribution is 2.21. The average molecular weight is 285 g/mol. The molecule has 0 unspecified atom stereocenters. The number of benzene rings is 1. The second-order valence-corrected chi connectivity index (χ2v) is 6.01. The second kappa shape index (κ2) is 6.63. The highest BCUT2D eigenvalue weighted by Gasteiger charge is 2.22. The number of nitrogens with zero attached hydrogens (tertiary/aromatic N) is 2. The summed E-state index contributed by atoms with van der Waals surface area (Å²) in [6.07, 6.45) is 5.01. The summed E-state index contributed by atoms with van der Waals surface area (Å²) in [5, 5.41) is 5.08. The molecule has 1 saturated heterocycles. The van der Waals surface area contributed by atoms with Crippen LogP contribution < -0.4 is 5.32 Å². The molecule has 3 heteroatoms. The summed E-state index contributed by atoms with van der Waals surface area (Å²) in [6.45, 7) is 10.1. The van der Waals surface area contributed by atoms with Crippen molar-refractivity contribution in [3.05, 3.63) is 36.0 Å². The summed E-state index contributed by atoms with van der Waals surface area (Å²) < 4.78 is 2.35. The monoisotopic (exact) mass is 285 g/mol. The van der Waals surface area contributed by atoms with Gasteiger partial charge in [0, 0.05) is 42.8 Å². The minimum Gasteiger partial charge on any atom is -0.347 e. The summed E-state index contributed by atoms with van der Waals surface area (Å²) >= 11 is 0. The smallest absolute Gasteiger partial charge is 0.0483 e. The van der Waals surface area contributed by atoms with Gasteiger partial charge in [0.15, 0.2) is 0 Å². The number of rotatable bonds is 6. The van der Waals surface area contributed by atoms with Crippen LogP contribution in [0.3, 0.4) is 0 Å².